The highest BCUT2D eigenvalue weighted by Crippen LogP contribution is 2.38. The highest BCUT2D eigenvalue weighted by atomic mass is 19.4. The molecular formula is C10H14F3NO3. The zero-order valence-corrected chi connectivity index (χ0v) is 9.16. The predicted molar refractivity (Wildman–Crippen MR) is 51.1 cm³/mol. The van der Waals surface area contributed by atoms with Crippen molar-refractivity contribution < 1.29 is 27.8 Å². The maximum Gasteiger partial charge on any atom is 0.419 e. The Hall–Kier alpha value is -0.820. The Kier molecular flexibility index (Phi) is 3.07. The molecule has 2 heterocycles. The van der Waals surface area contributed by atoms with Crippen LogP contribution in [-0.2, 0) is 9.53 Å². The van der Waals surface area contributed by atoms with Crippen LogP contribution in [0, 0.1) is 5.92 Å². The fourth-order valence-electron chi connectivity index (χ4n) is 2.20. The first kappa shape index (κ1) is 12.6. The molecule has 0 bridgehead atoms. The molecule has 7 heteroatoms. The minimum atomic E-state index is -4.69. The van der Waals surface area contributed by atoms with Crippen molar-refractivity contribution in [2.45, 2.75) is 24.6 Å². The molecule has 0 aromatic carbocycles. The highest BCUT2D eigenvalue weighted by Gasteiger charge is 2.58. The van der Waals surface area contributed by atoms with Crippen molar-refractivity contribution in [1.29, 1.82) is 0 Å². The van der Waals surface area contributed by atoms with Gasteiger partial charge in [-0.05, 0) is 6.42 Å². The lowest BCUT2D eigenvalue weighted by Gasteiger charge is -2.26. The number of halogens is 3. The SMILES string of the molecule is O=C([C@@H]1CCOC1)N1CC[C@@](O)(C(F)(F)F)C1. The van der Waals surface area contributed by atoms with E-state index in [4.69, 9.17) is 4.74 Å². The molecule has 0 aromatic rings. The lowest BCUT2D eigenvalue weighted by atomic mass is 10.0. The van der Waals surface area contributed by atoms with Crippen molar-refractivity contribution >= 4 is 5.91 Å². The summed E-state index contributed by atoms with van der Waals surface area (Å²) in [5, 5.41) is 9.44. The van der Waals surface area contributed by atoms with Gasteiger partial charge in [-0.15, -0.1) is 0 Å². The van der Waals surface area contributed by atoms with E-state index in [0.717, 1.165) is 4.90 Å². The molecule has 2 atom stereocenters. The van der Waals surface area contributed by atoms with Crippen LogP contribution in [-0.4, -0.2) is 54.0 Å². The number of ether oxygens (including phenoxy) is 1. The fraction of sp³-hybridized carbons (Fsp3) is 0.900. The van der Waals surface area contributed by atoms with Crippen LogP contribution in [0.1, 0.15) is 12.8 Å². The van der Waals surface area contributed by atoms with Crippen LogP contribution in [0.3, 0.4) is 0 Å². The van der Waals surface area contributed by atoms with Gasteiger partial charge >= 0.3 is 6.18 Å². The third-order valence-corrected chi connectivity index (χ3v) is 3.37. The number of nitrogens with zero attached hydrogens (tertiary/aromatic N) is 1. The molecule has 2 fully saturated rings. The predicted octanol–water partition coefficient (Wildman–Crippen LogP) is 0.549. The number of aliphatic hydroxyl groups is 1. The van der Waals surface area contributed by atoms with E-state index in [1.54, 1.807) is 0 Å². The normalized spacial score (nSPS) is 34.4. The van der Waals surface area contributed by atoms with Gasteiger partial charge in [0.05, 0.1) is 19.1 Å². The molecule has 0 aliphatic carbocycles. The van der Waals surface area contributed by atoms with Gasteiger partial charge in [-0.3, -0.25) is 4.79 Å². The minimum Gasteiger partial charge on any atom is -0.381 e. The molecule has 17 heavy (non-hydrogen) atoms. The molecule has 4 nitrogen and oxygen atoms in total. The quantitative estimate of drug-likeness (QED) is 0.742. The van der Waals surface area contributed by atoms with Crippen LogP contribution in [0.25, 0.3) is 0 Å². The highest BCUT2D eigenvalue weighted by molar-refractivity contribution is 5.79. The second-order valence-corrected chi connectivity index (χ2v) is 4.60. The van der Waals surface area contributed by atoms with E-state index in [1.807, 2.05) is 0 Å². The Morgan fingerprint density at radius 2 is 2.18 bits per heavy atom. The summed E-state index contributed by atoms with van der Waals surface area (Å²) < 4.78 is 42.7. The smallest absolute Gasteiger partial charge is 0.381 e. The summed E-state index contributed by atoms with van der Waals surface area (Å²) in [7, 11) is 0. The Labute approximate surface area is 96.3 Å². The van der Waals surface area contributed by atoms with Gasteiger partial charge < -0.3 is 14.7 Å². The van der Waals surface area contributed by atoms with E-state index in [9.17, 15) is 23.1 Å². The molecule has 0 aromatic heterocycles. The molecule has 0 radical (unpaired) electrons. The summed E-state index contributed by atoms with van der Waals surface area (Å²) in [5.41, 5.74) is -2.75. The third kappa shape index (κ3) is 2.26. The Bertz CT molecular complexity index is 314. The molecular weight excluding hydrogens is 239 g/mol. The van der Waals surface area contributed by atoms with Gasteiger partial charge in [-0.1, -0.05) is 0 Å². The van der Waals surface area contributed by atoms with Gasteiger partial charge in [0.1, 0.15) is 0 Å². The first-order chi connectivity index (χ1) is 7.83. The van der Waals surface area contributed by atoms with Crippen LogP contribution in [0.4, 0.5) is 13.2 Å². The van der Waals surface area contributed by atoms with Crippen molar-refractivity contribution in [3.05, 3.63) is 0 Å². The summed E-state index contributed by atoms with van der Waals surface area (Å²) in [4.78, 5) is 12.9. The molecule has 2 aliphatic rings. The number of carbonyl (C=O) groups excluding carboxylic acids is 1. The number of amides is 1. The van der Waals surface area contributed by atoms with E-state index in [1.165, 1.54) is 0 Å². The van der Waals surface area contributed by atoms with Crippen LogP contribution < -0.4 is 0 Å². The molecule has 1 amide bonds. The van der Waals surface area contributed by atoms with E-state index >= 15 is 0 Å². The van der Waals surface area contributed by atoms with Crippen molar-refractivity contribution in [3.63, 3.8) is 0 Å². The van der Waals surface area contributed by atoms with Gasteiger partial charge in [0.2, 0.25) is 5.91 Å². The lowest BCUT2D eigenvalue weighted by molar-refractivity contribution is -0.253. The van der Waals surface area contributed by atoms with Gasteiger partial charge in [0, 0.05) is 19.6 Å². The summed E-state index contributed by atoms with van der Waals surface area (Å²) in [6.45, 7) is 0.0186. The second-order valence-electron chi connectivity index (χ2n) is 4.60. The zero-order valence-electron chi connectivity index (χ0n) is 9.16. The zero-order chi connectivity index (χ0) is 12.7. The number of carbonyl (C=O) groups is 1. The number of rotatable bonds is 1. The average molecular weight is 253 g/mol. The number of hydrogen-bond donors (Lipinski definition) is 1. The lowest BCUT2D eigenvalue weighted by Crippen LogP contribution is -2.48. The molecule has 0 unspecified atom stereocenters. The molecule has 1 N–H and O–H groups in total. The van der Waals surface area contributed by atoms with Gasteiger partial charge in [0.15, 0.2) is 5.60 Å². The molecule has 2 saturated heterocycles. The van der Waals surface area contributed by atoms with Gasteiger partial charge in [0.25, 0.3) is 0 Å². The number of β-amino-alcohol motifs (C(OH)–C–C–N with tert-alkyl or cyclic N) is 1. The van der Waals surface area contributed by atoms with E-state index in [-0.39, 0.29) is 25.0 Å². The summed E-state index contributed by atoms with van der Waals surface area (Å²) in [6, 6.07) is 0. The Balaban J connectivity index is 2.00. The summed E-state index contributed by atoms with van der Waals surface area (Å²) in [6.07, 6.45) is -4.59. The maximum absolute atomic E-state index is 12.5. The monoisotopic (exact) mass is 253 g/mol. The van der Waals surface area contributed by atoms with Crippen molar-refractivity contribution in [3.8, 4) is 0 Å². The van der Waals surface area contributed by atoms with E-state index < -0.39 is 24.7 Å². The topological polar surface area (TPSA) is 49.8 Å². The van der Waals surface area contributed by atoms with Crippen molar-refractivity contribution in [2.75, 3.05) is 26.3 Å². The fourth-order valence-corrected chi connectivity index (χ4v) is 2.20. The van der Waals surface area contributed by atoms with Crippen LogP contribution in [0.5, 0.6) is 0 Å². The third-order valence-electron chi connectivity index (χ3n) is 3.37. The Morgan fingerprint density at radius 1 is 1.47 bits per heavy atom. The molecule has 2 rings (SSSR count). The number of likely N-dealkylation sites (tertiary alicyclic amines) is 1. The van der Waals surface area contributed by atoms with E-state index in [0.29, 0.717) is 13.0 Å². The van der Waals surface area contributed by atoms with Crippen LogP contribution in [0.2, 0.25) is 0 Å². The minimum absolute atomic E-state index is 0.0503. The van der Waals surface area contributed by atoms with Gasteiger partial charge in [-0.2, -0.15) is 13.2 Å². The standard InChI is InChI=1S/C10H14F3NO3/c11-10(12,13)9(16)2-3-14(6-9)8(15)7-1-4-17-5-7/h7,16H,1-6H2/t7-,9+/m1/s1. The average Bonchev–Trinajstić information content (AvgIpc) is 2.84. The van der Waals surface area contributed by atoms with Crippen LogP contribution in [0.15, 0.2) is 0 Å². The maximum atomic E-state index is 12.5. The summed E-state index contributed by atoms with van der Waals surface area (Å²) >= 11 is 0. The van der Waals surface area contributed by atoms with Crippen molar-refractivity contribution in [1.82, 2.24) is 4.90 Å². The largest absolute Gasteiger partial charge is 0.419 e. The number of hydrogen-bond acceptors (Lipinski definition) is 3. The molecule has 2 aliphatic heterocycles. The Morgan fingerprint density at radius 3 is 2.65 bits per heavy atom. The summed E-state index contributed by atoms with van der Waals surface area (Å²) in [5.74, 6) is -0.701. The van der Waals surface area contributed by atoms with Crippen molar-refractivity contribution in [2.24, 2.45) is 5.92 Å². The molecule has 98 valence electrons. The van der Waals surface area contributed by atoms with Gasteiger partial charge in [-0.25, -0.2) is 0 Å². The molecule has 0 spiro atoms. The second kappa shape index (κ2) is 4.13. The molecule has 0 saturated carbocycles. The first-order valence-corrected chi connectivity index (χ1v) is 5.49. The van der Waals surface area contributed by atoms with Crippen LogP contribution >= 0.6 is 0 Å². The number of alkyl halides is 3. The van der Waals surface area contributed by atoms with E-state index in [2.05, 4.69) is 0 Å². The first-order valence-electron chi connectivity index (χ1n) is 5.49.